The fraction of sp³-hybridized carbons (Fsp3) is 0.515. The minimum atomic E-state index is -0.904. The van der Waals surface area contributed by atoms with Crippen molar-refractivity contribution in [2.75, 3.05) is 46.6 Å². The van der Waals surface area contributed by atoms with E-state index < -0.39 is 23.5 Å². The van der Waals surface area contributed by atoms with E-state index in [0.29, 0.717) is 38.7 Å². The number of carbonyl (C=O) groups is 4. The molecular weight excluding hydrogens is 536 g/mol. The second-order valence-electron chi connectivity index (χ2n) is 11.7. The lowest BCUT2D eigenvalue weighted by Crippen LogP contribution is -2.46. The van der Waals surface area contributed by atoms with Gasteiger partial charge >= 0.3 is 0 Å². The number of carbonyl (C=O) groups excluding carboxylic acids is 4. The van der Waals surface area contributed by atoms with Gasteiger partial charge in [-0.15, -0.1) is 0 Å². The second kappa shape index (κ2) is 14.2. The number of hydrogen-bond donors (Lipinski definition) is 1. The molecule has 2 aromatic carbocycles. The van der Waals surface area contributed by atoms with Gasteiger partial charge in [0, 0.05) is 31.8 Å². The van der Waals surface area contributed by atoms with Gasteiger partial charge in [-0.05, 0) is 43.5 Å². The summed E-state index contributed by atoms with van der Waals surface area (Å²) in [4.78, 5) is 55.5. The number of ether oxygens (including phenoxy) is 3. The topological polar surface area (TPSA) is 115 Å². The van der Waals surface area contributed by atoms with E-state index in [0.717, 1.165) is 16.7 Å². The fourth-order valence-electron chi connectivity index (χ4n) is 5.28. The van der Waals surface area contributed by atoms with Crippen molar-refractivity contribution in [1.29, 1.82) is 0 Å². The van der Waals surface area contributed by atoms with Crippen LogP contribution in [0.1, 0.15) is 49.3 Å². The number of hydrogen-bond acceptors (Lipinski definition) is 8. The van der Waals surface area contributed by atoms with Gasteiger partial charge in [0.2, 0.25) is 5.91 Å². The lowest BCUT2D eigenvalue weighted by atomic mass is 9.82. The van der Waals surface area contributed by atoms with E-state index in [1.807, 2.05) is 48.2 Å². The first-order valence-electron chi connectivity index (χ1n) is 14.6. The Balaban J connectivity index is 1.50. The molecule has 0 spiro atoms. The molecule has 2 aromatic rings. The highest BCUT2D eigenvalue weighted by molar-refractivity contribution is 6.00. The van der Waals surface area contributed by atoms with Gasteiger partial charge in [-0.25, -0.2) is 0 Å². The molecule has 2 aliphatic heterocycles. The number of ketones is 3. The van der Waals surface area contributed by atoms with Crippen molar-refractivity contribution in [3.05, 3.63) is 65.2 Å². The average Bonchev–Trinajstić information content (AvgIpc) is 3.74. The molecule has 4 rings (SSSR count). The van der Waals surface area contributed by atoms with Crippen LogP contribution in [0, 0.1) is 12.8 Å². The van der Waals surface area contributed by atoms with E-state index >= 15 is 0 Å². The molecule has 0 unspecified atom stereocenters. The number of amides is 1. The summed E-state index contributed by atoms with van der Waals surface area (Å²) in [6.45, 7) is 8.55. The van der Waals surface area contributed by atoms with Gasteiger partial charge in [0.15, 0.2) is 11.6 Å². The first-order chi connectivity index (χ1) is 20.1. The van der Waals surface area contributed by atoms with Crippen molar-refractivity contribution in [3.63, 3.8) is 0 Å². The Morgan fingerprint density at radius 2 is 1.74 bits per heavy atom. The highest BCUT2D eigenvalue weighted by Crippen LogP contribution is 2.36. The summed E-state index contributed by atoms with van der Waals surface area (Å²) in [6, 6.07) is 14.0. The first-order valence-corrected chi connectivity index (χ1v) is 14.6. The van der Waals surface area contributed by atoms with E-state index in [9.17, 15) is 19.2 Å². The molecule has 2 fully saturated rings. The molecule has 226 valence electrons. The predicted octanol–water partition coefficient (Wildman–Crippen LogP) is 3.06. The Labute approximate surface area is 247 Å². The average molecular weight is 579 g/mol. The van der Waals surface area contributed by atoms with Gasteiger partial charge in [-0.1, -0.05) is 48.9 Å². The van der Waals surface area contributed by atoms with Gasteiger partial charge in [0.1, 0.15) is 17.1 Å². The minimum Gasteiger partial charge on any atom is -0.497 e. The van der Waals surface area contributed by atoms with Crippen LogP contribution in [0.3, 0.4) is 0 Å². The van der Waals surface area contributed by atoms with Gasteiger partial charge < -0.3 is 19.5 Å². The van der Waals surface area contributed by atoms with Crippen molar-refractivity contribution in [3.8, 4) is 5.75 Å². The van der Waals surface area contributed by atoms with Gasteiger partial charge in [0.25, 0.3) is 0 Å². The molecule has 2 saturated heterocycles. The molecular formula is C33H42N2O7. The van der Waals surface area contributed by atoms with Crippen molar-refractivity contribution in [2.45, 2.75) is 57.6 Å². The summed E-state index contributed by atoms with van der Waals surface area (Å²) in [5, 5.41) is 2.92. The third-order valence-electron chi connectivity index (χ3n) is 8.05. The maximum Gasteiger partial charge on any atom is 0.223 e. The zero-order chi connectivity index (χ0) is 30.3. The van der Waals surface area contributed by atoms with Crippen molar-refractivity contribution in [1.82, 2.24) is 10.2 Å². The summed E-state index contributed by atoms with van der Waals surface area (Å²) in [5.74, 6) is -1.42. The Bertz CT molecular complexity index is 1270. The van der Waals surface area contributed by atoms with E-state index in [1.54, 1.807) is 33.1 Å². The third kappa shape index (κ3) is 8.56. The van der Waals surface area contributed by atoms with Crippen molar-refractivity contribution in [2.24, 2.45) is 5.92 Å². The number of rotatable bonds is 15. The number of nitrogens with one attached hydrogen (secondary N) is 1. The molecule has 2 heterocycles. The maximum atomic E-state index is 13.9. The SMILES string of the molecule is COc1ccc(C[C@H](NC(=O)[C@H](C)CC(=O)CN2CCOCC2)C(=O)C[C@@H](C(=O)[C@@]2(C)CO2)c2cccc(C)c2)cc1. The number of nitrogens with zero attached hydrogens (tertiary/aromatic N) is 1. The van der Waals surface area contributed by atoms with Gasteiger partial charge in [-0.2, -0.15) is 0 Å². The molecule has 1 amide bonds. The van der Waals surface area contributed by atoms with Gasteiger partial charge in [0.05, 0.1) is 45.4 Å². The number of morpholine rings is 1. The molecule has 0 aromatic heterocycles. The number of methoxy groups -OCH3 is 1. The fourth-order valence-corrected chi connectivity index (χ4v) is 5.28. The maximum absolute atomic E-state index is 13.9. The zero-order valence-corrected chi connectivity index (χ0v) is 25.0. The molecule has 0 bridgehead atoms. The van der Waals surface area contributed by atoms with Crippen LogP contribution >= 0.6 is 0 Å². The molecule has 0 radical (unpaired) electrons. The number of benzene rings is 2. The first kappa shape index (κ1) is 31.5. The monoisotopic (exact) mass is 578 g/mol. The Hall–Kier alpha value is -3.40. The zero-order valence-electron chi connectivity index (χ0n) is 25.0. The normalized spacial score (nSPS) is 20.7. The van der Waals surface area contributed by atoms with Crippen LogP contribution < -0.4 is 10.1 Å². The molecule has 0 saturated carbocycles. The lowest BCUT2D eigenvalue weighted by Gasteiger charge is -2.26. The molecule has 9 nitrogen and oxygen atoms in total. The highest BCUT2D eigenvalue weighted by Gasteiger charge is 2.50. The van der Waals surface area contributed by atoms with Crippen molar-refractivity contribution >= 4 is 23.3 Å². The summed E-state index contributed by atoms with van der Waals surface area (Å²) in [5.41, 5.74) is 1.67. The Kier molecular flexibility index (Phi) is 10.6. The summed E-state index contributed by atoms with van der Waals surface area (Å²) >= 11 is 0. The lowest BCUT2D eigenvalue weighted by molar-refractivity contribution is -0.133. The van der Waals surface area contributed by atoms with E-state index in [-0.39, 0.29) is 49.1 Å². The standard InChI is InChI=1S/C33H42N2O7/c1-22-6-5-7-25(16-22)28(31(38)33(3)21-42-33)19-30(37)29(18-24-8-10-27(40-4)11-9-24)34-32(39)23(2)17-26(36)20-35-12-14-41-15-13-35/h5-11,16,23,28-29H,12-15,17-21H2,1-4H3,(H,34,39)/t23-,28-,29+,33-/m1/s1. The Morgan fingerprint density at radius 3 is 2.36 bits per heavy atom. The minimum absolute atomic E-state index is 0.0274. The molecule has 0 aliphatic carbocycles. The smallest absolute Gasteiger partial charge is 0.223 e. The summed E-state index contributed by atoms with van der Waals surface area (Å²) in [6.07, 6.45) is 0.241. The van der Waals surface area contributed by atoms with Crippen LogP contribution in [-0.2, 0) is 35.1 Å². The number of aryl methyl sites for hydroxylation is 1. The van der Waals surface area contributed by atoms with E-state index in [2.05, 4.69) is 5.32 Å². The van der Waals surface area contributed by atoms with Crippen LogP contribution in [0.4, 0.5) is 0 Å². The van der Waals surface area contributed by atoms with Crippen LogP contribution in [-0.4, -0.2) is 86.4 Å². The van der Waals surface area contributed by atoms with Crippen LogP contribution in [0.25, 0.3) is 0 Å². The van der Waals surface area contributed by atoms with Crippen LogP contribution in [0.2, 0.25) is 0 Å². The van der Waals surface area contributed by atoms with Gasteiger partial charge in [-0.3, -0.25) is 24.1 Å². The summed E-state index contributed by atoms with van der Waals surface area (Å²) in [7, 11) is 1.58. The van der Waals surface area contributed by atoms with Crippen LogP contribution in [0.5, 0.6) is 5.75 Å². The number of epoxide rings is 1. The largest absolute Gasteiger partial charge is 0.497 e. The molecule has 4 atom stereocenters. The molecule has 2 aliphatic rings. The molecule has 42 heavy (non-hydrogen) atoms. The highest BCUT2D eigenvalue weighted by atomic mass is 16.6. The predicted molar refractivity (Wildman–Crippen MR) is 158 cm³/mol. The molecule has 1 N–H and O–H groups in total. The van der Waals surface area contributed by atoms with Crippen LogP contribution in [0.15, 0.2) is 48.5 Å². The molecule has 9 heteroatoms. The van der Waals surface area contributed by atoms with E-state index in [4.69, 9.17) is 14.2 Å². The van der Waals surface area contributed by atoms with E-state index in [1.165, 1.54) is 0 Å². The number of Topliss-reactive ketones (excluding diaryl/α,β-unsaturated/α-hetero) is 3. The Morgan fingerprint density at radius 1 is 1.05 bits per heavy atom. The summed E-state index contributed by atoms with van der Waals surface area (Å²) < 4.78 is 16.1. The third-order valence-corrected chi connectivity index (χ3v) is 8.05. The van der Waals surface area contributed by atoms with Crippen molar-refractivity contribution < 1.29 is 33.4 Å². The quantitative estimate of drug-likeness (QED) is 0.321. The second-order valence-corrected chi connectivity index (χ2v) is 11.7.